The van der Waals surface area contributed by atoms with Gasteiger partial charge in [0.1, 0.15) is 6.54 Å². The molecule has 8 heteroatoms. The van der Waals surface area contributed by atoms with Crippen molar-refractivity contribution >= 4 is 17.7 Å². The average molecular weight is 298 g/mol. The molecule has 8 nitrogen and oxygen atoms in total. The molecule has 1 aromatic heterocycles. The third-order valence-electron chi connectivity index (χ3n) is 2.39. The van der Waals surface area contributed by atoms with Gasteiger partial charge in [0.05, 0.1) is 11.9 Å². The van der Waals surface area contributed by atoms with E-state index in [1.54, 1.807) is 0 Å². The molecule has 0 saturated carbocycles. The topological polar surface area (TPSA) is 105 Å². The zero-order valence-corrected chi connectivity index (χ0v) is 12.3. The van der Waals surface area contributed by atoms with Crippen molar-refractivity contribution in [1.29, 1.82) is 0 Å². The predicted molar refractivity (Wildman–Crippen MR) is 77.2 cm³/mol. The molecule has 3 N–H and O–H groups in total. The van der Waals surface area contributed by atoms with E-state index in [-0.39, 0.29) is 12.6 Å². The lowest BCUT2D eigenvalue weighted by molar-refractivity contribution is -0.137. The first-order valence-electron chi connectivity index (χ1n) is 6.84. The Balaban J connectivity index is 2.16. The van der Waals surface area contributed by atoms with Gasteiger partial charge in [0, 0.05) is 26.0 Å². The van der Waals surface area contributed by atoms with Gasteiger partial charge in [-0.1, -0.05) is 13.8 Å². The van der Waals surface area contributed by atoms with Crippen LogP contribution in [0.4, 0.5) is 10.5 Å². The average Bonchev–Trinajstić information content (AvgIpc) is 2.79. The van der Waals surface area contributed by atoms with Crippen molar-refractivity contribution in [1.82, 2.24) is 15.1 Å². The van der Waals surface area contributed by atoms with Crippen LogP contribution in [0.5, 0.6) is 0 Å². The van der Waals surface area contributed by atoms with Gasteiger partial charge in [-0.25, -0.2) is 4.79 Å². The number of aliphatic carboxylic acids is 1. The Bertz CT molecular complexity index is 459. The highest BCUT2D eigenvalue weighted by molar-refractivity contribution is 5.88. The van der Waals surface area contributed by atoms with E-state index in [4.69, 9.17) is 9.84 Å². The van der Waals surface area contributed by atoms with Gasteiger partial charge in [0.15, 0.2) is 0 Å². The maximum absolute atomic E-state index is 11.6. The van der Waals surface area contributed by atoms with Gasteiger partial charge in [-0.05, 0) is 12.3 Å². The van der Waals surface area contributed by atoms with E-state index in [0.717, 1.165) is 13.0 Å². The van der Waals surface area contributed by atoms with Crippen LogP contribution in [0.1, 0.15) is 20.3 Å². The smallest absolute Gasteiger partial charge is 0.325 e. The molecule has 0 spiro atoms. The summed E-state index contributed by atoms with van der Waals surface area (Å²) in [6.45, 7) is 5.75. The van der Waals surface area contributed by atoms with Crippen molar-refractivity contribution in [2.45, 2.75) is 26.8 Å². The quantitative estimate of drug-likeness (QED) is 0.593. The highest BCUT2D eigenvalue weighted by Crippen LogP contribution is 2.04. The lowest BCUT2D eigenvalue weighted by Gasteiger charge is -2.08. The predicted octanol–water partition coefficient (Wildman–Crippen LogP) is 1.15. The highest BCUT2D eigenvalue weighted by Gasteiger charge is 2.05. The molecule has 0 aromatic carbocycles. The van der Waals surface area contributed by atoms with Gasteiger partial charge in [-0.3, -0.25) is 9.48 Å². The molecular weight excluding hydrogens is 276 g/mol. The van der Waals surface area contributed by atoms with E-state index >= 15 is 0 Å². The lowest BCUT2D eigenvalue weighted by atomic mass is 10.2. The molecule has 0 aliphatic heterocycles. The fourth-order valence-corrected chi connectivity index (χ4v) is 1.52. The molecule has 0 unspecified atom stereocenters. The molecular formula is C13H22N4O4. The molecule has 21 heavy (non-hydrogen) atoms. The fraction of sp³-hybridized carbons (Fsp3) is 0.615. The Morgan fingerprint density at radius 3 is 2.90 bits per heavy atom. The summed E-state index contributed by atoms with van der Waals surface area (Å²) >= 11 is 0. The first kappa shape index (κ1) is 17.0. The van der Waals surface area contributed by atoms with Crippen LogP contribution in [-0.4, -0.2) is 46.6 Å². The van der Waals surface area contributed by atoms with Crippen molar-refractivity contribution < 1.29 is 19.4 Å². The number of anilines is 1. The van der Waals surface area contributed by atoms with Crippen LogP contribution in [0.25, 0.3) is 0 Å². The fourth-order valence-electron chi connectivity index (χ4n) is 1.52. The molecule has 0 fully saturated rings. The molecule has 0 radical (unpaired) electrons. The lowest BCUT2D eigenvalue weighted by Crippen LogP contribution is -2.30. The van der Waals surface area contributed by atoms with Gasteiger partial charge in [0.25, 0.3) is 0 Å². The minimum atomic E-state index is -0.990. The molecule has 0 atom stereocenters. The van der Waals surface area contributed by atoms with Crippen LogP contribution < -0.4 is 10.6 Å². The summed E-state index contributed by atoms with van der Waals surface area (Å²) in [5.74, 6) is -0.487. The number of carboxylic acids is 1. The molecule has 1 rings (SSSR count). The Morgan fingerprint density at radius 1 is 1.48 bits per heavy atom. The Morgan fingerprint density at radius 2 is 2.24 bits per heavy atom. The van der Waals surface area contributed by atoms with E-state index in [1.165, 1.54) is 17.1 Å². The SMILES string of the molecule is CC(C)COCCCNC(=O)Nc1cnn(CC(=O)O)c1. The standard InChI is InChI=1S/C13H22N4O4/c1-10(2)9-21-5-3-4-14-13(20)16-11-6-15-17(7-11)8-12(18)19/h6-7,10H,3-5,8-9H2,1-2H3,(H,18,19)(H2,14,16,20). The van der Waals surface area contributed by atoms with Crippen LogP contribution in [0.15, 0.2) is 12.4 Å². The molecule has 1 aromatic rings. The molecule has 0 aliphatic rings. The summed E-state index contributed by atoms with van der Waals surface area (Å²) in [7, 11) is 0. The molecule has 0 saturated heterocycles. The largest absolute Gasteiger partial charge is 0.480 e. The summed E-state index contributed by atoms with van der Waals surface area (Å²) in [5, 5.41) is 17.7. The van der Waals surface area contributed by atoms with E-state index in [9.17, 15) is 9.59 Å². The second-order valence-corrected chi connectivity index (χ2v) is 5.02. The number of amides is 2. The van der Waals surface area contributed by atoms with Crippen molar-refractivity contribution in [2.24, 2.45) is 5.92 Å². The van der Waals surface area contributed by atoms with Gasteiger partial charge in [0.2, 0.25) is 0 Å². The highest BCUT2D eigenvalue weighted by atomic mass is 16.5. The monoisotopic (exact) mass is 298 g/mol. The van der Waals surface area contributed by atoms with Crippen LogP contribution in [0.2, 0.25) is 0 Å². The van der Waals surface area contributed by atoms with E-state index in [2.05, 4.69) is 29.6 Å². The maximum Gasteiger partial charge on any atom is 0.325 e. The Labute approximate surface area is 123 Å². The van der Waals surface area contributed by atoms with Crippen LogP contribution >= 0.6 is 0 Å². The Kier molecular flexibility index (Phi) is 7.24. The minimum absolute atomic E-state index is 0.240. The summed E-state index contributed by atoms with van der Waals surface area (Å²) in [6.07, 6.45) is 3.59. The number of carbonyl (C=O) groups excluding carboxylic acids is 1. The number of ether oxygens (including phenoxy) is 1. The number of aromatic nitrogens is 2. The number of rotatable bonds is 9. The first-order valence-corrected chi connectivity index (χ1v) is 6.84. The second kappa shape index (κ2) is 8.96. The van der Waals surface area contributed by atoms with Crippen molar-refractivity contribution in [3.63, 3.8) is 0 Å². The molecule has 1 heterocycles. The number of urea groups is 1. The first-order chi connectivity index (χ1) is 9.97. The zero-order valence-electron chi connectivity index (χ0n) is 12.3. The number of carbonyl (C=O) groups is 2. The van der Waals surface area contributed by atoms with Crippen molar-refractivity contribution in [2.75, 3.05) is 25.1 Å². The number of carboxylic acid groups (broad SMARTS) is 1. The normalized spacial score (nSPS) is 10.6. The molecule has 0 aliphatic carbocycles. The van der Waals surface area contributed by atoms with Gasteiger partial charge in [-0.15, -0.1) is 0 Å². The molecule has 2 amide bonds. The van der Waals surface area contributed by atoms with Gasteiger partial charge >= 0.3 is 12.0 Å². The summed E-state index contributed by atoms with van der Waals surface area (Å²) in [5.41, 5.74) is 0.449. The maximum atomic E-state index is 11.6. The third-order valence-corrected chi connectivity index (χ3v) is 2.39. The Hall–Kier alpha value is -2.09. The van der Waals surface area contributed by atoms with Crippen molar-refractivity contribution in [3.05, 3.63) is 12.4 Å². The number of hydrogen-bond acceptors (Lipinski definition) is 4. The minimum Gasteiger partial charge on any atom is -0.480 e. The van der Waals surface area contributed by atoms with Crippen molar-refractivity contribution in [3.8, 4) is 0 Å². The van der Waals surface area contributed by atoms with E-state index in [0.29, 0.717) is 24.8 Å². The third kappa shape index (κ3) is 7.93. The van der Waals surface area contributed by atoms with Crippen LogP contribution in [0, 0.1) is 5.92 Å². The zero-order chi connectivity index (χ0) is 15.7. The molecule has 118 valence electrons. The number of hydrogen-bond donors (Lipinski definition) is 3. The van der Waals surface area contributed by atoms with Crippen LogP contribution in [-0.2, 0) is 16.1 Å². The van der Waals surface area contributed by atoms with Crippen LogP contribution in [0.3, 0.4) is 0 Å². The molecule has 0 bridgehead atoms. The summed E-state index contributed by atoms with van der Waals surface area (Å²) < 4.78 is 6.63. The second-order valence-electron chi connectivity index (χ2n) is 5.02. The van der Waals surface area contributed by atoms with E-state index < -0.39 is 5.97 Å². The number of nitrogens with one attached hydrogen (secondary N) is 2. The van der Waals surface area contributed by atoms with Gasteiger partial charge in [-0.2, -0.15) is 5.10 Å². The van der Waals surface area contributed by atoms with E-state index in [1.807, 2.05) is 0 Å². The van der Waals surface area contributed by atoms with Gasteiger partial charge < -0.3 is 20.5 Å². The summed E-state index contributed by atoms with van der Waals surface area (Å²) in [6, 6.07) is -0.353. The number of nitrogens with zero attached hydrogens (tertiary/aromatic N) is 2. The summed E-state index contributed by atoms with van der Waals surface area (Å²) in [4.78, 5) is 22.1.